The molecule has 0 aliphatic rings. The fourth-order valence-electron chi connectivity index (χ4n) is 1.18. The zero-order chi connectivity index (χ0) is 20.1. The Morgan fingerprint density at radius 2 is 0.857 bits per heavy atom. The Labute approximate surface area is 187 Å². The number of carbonyl (C=O) groups is 3. The van der Waals surface area contributed by atoms with Gasteiger partial charge in [-0.2, -0.15) is 15.6 Å². The number of carboxylic acids is 3. The molecular weight excluding hydrogens is 512 g/mol. The minimum absolute atomic E-state index is 0. The summed E-state index contributed by atoms with van der Waals surface area (Å²) >= 11 is 0. The van der Waals surface area contributed by atoms with Gasteiger partial charge in [0.05, 0.1) is 0 Å². The number of nitrogens with one attached hydrogen (secondary N) is 3. The number of hydrogen-bond acceptors (Lipinski definition) is 12. The normalized spacial score (nSPS) is 9.00. The molecule has 0 aliphatic heterocycles. The van der Waals surface area contributed by atoms with Crippen LogP contribution in [0, 0.1) is 41.7 Å². The monoisotopic (exact) mass is 524 g/mol. The summed E-state index contributed by atoms with van der Waals surface area (Å²) in [6.07, 6.45) is -0.552. The van der Waals surface area contributed by atoms with Gasteiger partial charge in [0, 0.05) is 41.7 Å². The summed E-state index contributed by atoms with van der Waals surface area (Å²) in [5.74, 6) is -2.29. The molecule has 28 heavy (non-hydrogen) atoms. The molecule has 6 N–H and O–H groups in total. The van der Waals surface area contributed by atoms with Gasteiger partial charge in [-0.15, -0.1) is 30.6 Å². The third-order valence-corrected chi connectivity index (χ3v) is 2.10. The molecule has 3 rings (SSSR count). The summed E-state index contributed by atoms with van der Waals surface area (Å²) in [6, 6.07) is 0. The van der Waals surface area contributed by atoms with Crippen molar-refractivity contribution in [1.82, 2.24) is 61.9 Å². The van der Waals surface area contributed by atoms with E-state index in [1.165, 1.54) is 0 Å². The zero-order valence-corrected chi connectivity index (χ0v) is 16.9. The molecular formula is C9H12CeN12O6. The number of hydrogen-bond donors (Lipinski definition) is 6. The molecule has 0 saturated carbocycles. The van der Waals surface area contributed by atoms with Crippen LogP contribution in [0.1, 0.15) is 17.5 Å². The molecule has 0 amide bonds. The average molecular weight is 524 g/mol. The number of rotatable bonds is 6. The molecule has 0 spiro atoms. The van der Waals surface area contributed by atoms with E-state index in [0.717, 1.165) is 0 Å². The number of H-pyrrole nitrogens is 3. The van der Waals surface area contributed by atoms with Crippen LogP contribution in [0.5, 0.6) is 0 Å². The molecule has 0 saturated heterocycles. The summed E-state index contributed by atoms with van der Waals surface area (Å²) in [4.78, 5) is 29.8. The van der Waals surface area contributed by atoms with Gasteiger partial charge in [-0.05, 0) is 0 Å². The van der Waals surface area contributed by atoms with Crippen molar-refractivity contribution in [2.24, 2.45) is 0 Å². The fraction of sp³-hybridized carbons (Fsp3) is 0.333. The Bertz CT molecular complexity index is 697. The summed E-state index contributed by atoms with van der Waals surface area (Å²) in [7, 11) is 0. The van der Waals surface area contributed by atoms with E-state index in [9.17, 15) is 14.4 Å². The van der Waals surface area contributed by atoms with Gasteiger partial charge in [0.1, 0.15) is 19.3 Å². The van der Waals surface area contributed by atoms with Crippen molar-refractivity contribution >= 4 is 17.9 Å². The molecule has 18 nitrogen and oxygen atoms in total. The molecule has 0 fully saturated rings. The van der Waals surface area contributed by atoms with Crippen molar-refractivity contribution in [2.75, 3.05) is 0 Å². The first-order chi connectivity index (χ1) is 12.9. The third-order valence-electron chi connectivity index (χ3n) is 2.10. The van der Waals surface area contributed by atoms with Gasteiger partial charge in [0.15, 0.2) is 17.5 Å². The molecule has 3 heterocycles. The van der Waals surface area contributed by atoms with E-state index in [4.69, 9.17) is 15.3 Å². The van der Waals surface area contributed by atoms with Gasteiger partial charge in [0.25, 0.3) is 0 Å². The number of aromatic nitrogens is 12. The minimum atomic E-state index is -0.962. The Balaban J connectivity index is 0.000000384. The number of aliphatic carboxylic acids is 3. The van der Waals surface area contributed by atoms with Gasteiger partial charge >= 0.3 is 17.9 Å². The topological polar surface area (TPSA) is 275 Å². The van der Waals surface area contributed by atoms with Crippen molar-refractivity contribution in [2.45, 2.75) is 19.3 Å². The summed E-state index contributed by atoms with van der Waals surface area (Å²) in [6.45, 7) is 0. The van der Waals surface area contributed by atoms with Crippen LogP contribution in [0.2, 0.25) is 0 Å². The molecule has 19 heteroatoms. The summed E-state index contributed by atoms with van der Waals surface area (Å²) < 4.78 is 0. The largest absolute Gasteiger partial charge is 0.481 e. The second-order valence-corrected chi connectivity index (χ2v) is 4.20. The van der Waals surface area contributed by atoms with Gasteiger partial charge in [-0.3, -0.25) is 14.4 Å². The van der Waals surface area contributed by atoms with Gasteiger partial charge in [0.2, 0.25) is 0 Å². The Morgan fingerprint density at radius 3 is 1.00 bits per heavy atom. The molecule has 3 aromatic rings. The van der Waals surface area contributed by atoms with Crippen molar-refractivity contribution in [3.63, 3.8) is 0 Å². The predicted octanol–water partition coefficient (Wildman–Crippen LogP) is -3.52. The van der Waals surface area contributed by atoms with Crippen LogP contribution in [0.15, 0.2) is 0 Å². The number of nitrogens with zero attached hydrogens (tertiary/aromatic N) is 9. The summed E-state index contributed by atoms with van der Waals surface area (Å²) in [5, 5.41) is 61.0. The first kappa shape index (κ1) is 25.0. The van der Waals surface area contributed by atoms with Crippen LogP contribution in [0.4, 0.5) is 0 Å². The van der Waals surface area contributed by atoms with Crippen molar-refractivity contribution in [3.8, 4) is 0 Å². The maximum atomic E-state index is 9.94. The molecule has 0 atom stereocenters. The maximum Gasteiger partial charge on any atom is 0.311 e. The Hall–Kier alpha value is -3.00. The van der Waals surface area contributed by atoms with Gasteiger partial charge in [-0.1, -0.05) is 15.6 Å². The standard InChI is InChI=1S/3C3H4N4O2.Ce/c3*8-3(9)1-2-4-6-7-5-2;/h3*1H2,(H,8,9)(H,4,5,6,7);. The molecule has 3 aromatic heterocycles. The van der Waals surface area contributed by atoms with Crippen LogP contribution in [0.3, 0.4) is 0 Å². The maximum absolute atomic E-state index is 9.94. The second kappa shape index (κ2) is 14.1. The van der Waals surface area contributed by atoms with E-state index in [0.29, 0.717) is 0 Å². The molecule has 0 unspecified atom stereocenters. The molecule has 0 aliphatic carbocycles. The van der Waals surface area contributed by atoms with Crippen LogP contribution in [-0.4, -0.2) is 95.1 Å². The minimum Gasteiger partial charge on any atom is -0.481 e. The first-order valence-corrected chi connectivity index (χ1v) is 6.69. The van der Waals surface area contributed by atoms with E-state index >= 15 is 0 Å². The van der Waals surface area contributed by atoms with Gasteiger partial charge in [-0.25, -0.2) is 0 Å². The van der Waals surface area contributed by atoms with Crippen molar-refractivity contribution in [1.29, 1.82) is 0 Å². The predicted molar refractivity (Wildman–Crippen MR) is 76.6 cm³/mol. The Kier molecular flexibility index (Phi) is 12.6. The molecule has 0 radical (unpaired) electrons. The smallest absolute Gasteiger partial charge is 0.311 e. The average Bonchev–Trinajstić information content (AvgIpc) is 3.30. The number of carboxylic acid groups (broad SMARTS) is 3. The van der Waals surface area contributed by atoms with E-state index in [1.54, 1.807) is 0 Å². The zero-order valence-electron chi connectivity index (χ0n) is 13.7. The SMILES string of the molecule is O=C(O)Cc1nn[nH]n1.O=C(O)Cc1nn[nH]n1.O=C(O)Cc1nn[nH]n1.[Ce]. The quantitative estimate of drug-likeness (QED) is 0.182. The molecule has 148 valence electrons. The van der Waals surface area contributed by atoms with Crippen molar-refractivity contribution < 1.29 is 71.5 Å². The fourth-order valence-corrected chi connectivity index (χ4v) is 1.18. The van der Waals surface area contributed by atoms with Crippen LogP contribution < -0.4 is 0 Å². The summed E-state index contributed by atoms with van der Waals surface area (Å²) in [5.41, 5.74) is 0. The van der Waals surface area contributed by atoms with Crippen LogP contribution in [0.25, 0.3) is 0 Å². The number of aromatic amines is 3. The van der Waals surface area contributed by atoms with E-state index in [2.05, 4.69) is 61.9 Å². The Morgan fingerprint density at radius 1 is 0.607 bits per heavy atom. The van der Waals surface area contributed by atoms with E-state index < -0.39 is 17.9 Å². The molecule has 0 bridgehead atoms. The number of tetrazole rings is 3. The van der Waals surface area contributed by atoms with Crippen molar-refractivity contribution in [3.05, 3.63) is 17.5 Å². The molecule has 0 aromatic carbocycles. The van der Waals surface area contributed by atoms with E-state index in [-0.39, 0.29) is 78.5 Å². The second-order valence-electron chi connectivity index (χ2n) is 4.20. The third kappa shape index (κ3) is 12.4. The van der Waals surface area contributed by atoms with Crippen LogP contribution in [-0.2, 0) is 33.6 Å². The van der Waals surface area contributed by atoms with Crippen LogP contribution >= 0.6 is 0 Å². The first-order valence-electron chi connectivity index (χ1n) is 6.69. The van der Waals surface area contributed by atoms with Gasteiger partial charge < -0.3 is 15.3 Å². The van der Waals surface area contributed by atoms with E-state index in [1.807, 2.05) is 0 Å².